The first-order valence-corrected chi connectivity index (χ1v) is 6.16. The first kappa shape index (κ1) is 10.5. The Morgan fingerprint density at radius 3 is 2.75 bits per heavy atom. The second-order valence-corrected chi connectivity index (χ2v) is 5.61. The second-order valence-electron chi connectivity index (χ2n) is 4.69. The number of hydrogen-bond acceptors (Lipinski definition) is 3. The van der Waals surface area contributed by atoms with Gasteiger partial charge >= 0.3 is 0 Å². The summed E-state index contributed by atoms with van der Waals surface area (Å²) in [6, 6.07) is 1.40. The van der Waals surface area contributed by atoms with Gasteiger partial charge in [-0.2, -0.15) is 0 Å². The van der Waals surface area contributed by atoms with E-state index in [1.54, 1.807) is 11.1 Å². The molecule has 16 heavy (non-hydrogen) atoms. The zero-order chi connectivity index (χ0) is 11.3. The zero-order valence-electron chi connectivity index (χ0n) is 8.66. The maximum atomic E-state index is 13.6. The van der Waals surface area contributed by atoms with Gasteiger partial charge in [0.2, 0.25) is 0 Å². The number of aromatic nitrogens is 1. The fourth-order valence-corrected chi connectivity index (χ4v) is 2.59. The van der Waals surface area contributed by atoms with Crippen LogP contribution >= 0.6 is 15.9 Å². The maximum Gasteiger partial charge on any atom is 0.166 e. The van der Waals surface area contributed by atoms with Crippen molar-refractivity contribution in [3.63, 3.8) is 0 Å². The lowest BCUT2D eigenvalue weighted by atomic mass is 9.89. The van der Waals surface area contributed by atoms with E-state index in [4.69, 9.17) is 0 Å². The normalized spacial score (nSPS) is 23.1. The average Bonchev–Trinajstić information content (AvgIpc) is 2.97. The van der Waals surface area contributed by atoms with Crippen LogP contribution < -0.4 is 4.90 Å². The second kappa shape index (κ2) is 3.40. The summed E-state index contributed by atoms with van der Waals surface area (Å²) < 4.78 is 14.2. The van der Waals surface area contributed by atoms with Crippen molar-refractivity contribution in [2.45, 2.75) is 18.4 Å². The number of rotatable bonds is 2. The number of β-amino-alcohol motifs (C(OH)–C–C–N with tert-alkyl or cyclic N) is 1. The Morgan fingerprint density at radius 1 is 1.50 bits per heavy atom. The van der Waals surface area contributed by atoms with Crippen LogP contribution in [0.4, 0.5) is 10.2 Å². The molecule has 1 saturated heterocycles. The Hall–Kier alpha value is -0.680. The lowest BCUT2D eigenvalue weighted by Crippen LogP contribution is -2.63. The molecule has 0 aromatic carbocycles. The van der Waals surface area contributed by atoms with E-state index >= 15 is 0 Å². The SMILES string of the molecule is OC1(C2CC2)CN(c2ncc(Br)cc2F)C1. The minimum Gasteiger partial charge on any atom is -0.386 e. The molecule has 2 fully saturated rings. The molecule has 0 spiro atoms. The van der Waals surface area contributed by atoms with Gasteiger partial charge in [0.25, 0.3) is 0 Å². The van der Waals surface area contributed by atoms with E-state index in [1.807, 2.05) is 0 Å². The molecule has 0 bridgehead atoms. The summed E-state index contributed by atoms with van der Waals surface area (Å²) in [4.78, 5) is 5.83. The molecule has 0 radical (unpaired) electrons. The highest BCUT2D eigenvalue weighted by molar-refractivity contribution is 9.10. The summed E-state index contributed by atoms with van der Waals surface area (Å²) >= 11 is 3.17. The highest BCUT2D eigenvalue weighted by Gasteiger charge is 2.52. The van der Waals surface area contributed by atoms with Gasteiger partial charge in [-0.1, -0.05) is 0 Å². The number of nitrogens with zero attached hydrogens (tertiary/aromatic N) is 2. The minimum absolute atomic E-state index is 0.341. The van der Waals surface area contributed by atoms with Gasteiger partial charge in [-0.3, -0.25) is 0 Å². The van der Waals surface area contributed by atoms with E-state index in [0.717, 1.165) is 12.8 Å². The Kier molecular flexibility index (Phi) is 2.23. The molecule has 1 saturated carbocycles. The van der Waals surface area contributed by atoms with Crippen molar-refractivity contribution < 1.29 is 9.50 Å². The van der Waals surface area contributed by atoms with Crippen molar-refractivity contribution in [3.05, 3.63) is 22.6 Å². The van der Waals surface area contributed by atoms with E-state index < -0.39 is 5.60 Å². The van der Waals surface area contributed by atoms with Crippen LogP contribution in [0.5, 0.6) is 0 Å². The molecule has 1 N–H and O–H groups in total. The fraction of sp³-hybridized carbons (Fsp3) is 0.545. The van der Waals surface area contributed by atoms with E-state index in [2.05, 4.69) is 20.9 Å². The number of aliphatic hydroxyl groups is 1. The highest BCUT2D eigenvalue weighted by Crippen LogP contribution is 2.45. The summed E-state index contributed by atoms with van der Waals surface area (Å²) in [6.07, 6.45) is 3.77. The van der Waals surface area contributed by atoms with Gasteiger partial charge in [-0.15, -0.1) is 0 Å². The van der Waals surface area contributed by atoms with Crippen LogP contribution in [0.1, 0.15) is 12.8 Å². The molecular weight excluding hydrogens is 275 g/mol. The smallest absolute Gasteiger partial charge is 0.166 e. The molecule has 1 aromatic rings. The van der Waals surface area contributed by atoms with E-state index in [-0.39, 0.29) is 5.82 Å². The molecule has 0 amide bonds. The molecule has 3 nitrogen and oxygen atoms in total. The summed E-state index contributed by atoms with van der Waals surface area (Å²) in [5.74, 6) is 0.419. The number of hydrogen-bond donors (Lipinski definition) is 1. The molecule has 2 aliphatic rings. The van der Waals surface area contributed by atoms with Crippen LogP contribution in [0.25, 0.3) is 0 Å². The van der Waals surface area contributed by atoms with Crippen molar-refractivity contribution in [2.24, 2.45) is 5.92 Å². The van der Waals surface area contributed by atoms with Crippen molar-refractivity contribution in [2.75, 3.05) is 18.0 Å². The largest absolute Gasteiger partial charge is 0.386 e. The third kappa shape index (κ3) is 1.62. The third-order valence-corrected chi connectivity index (χ3v) is 3.79. The lowest BCUT2D eigenvalue weighted by Gasteiger charge is -2.47. The quantitative estimate of drug-likeness (QED) is 0.903. The van der Waals surface area contributed by atoms with Crippen molar-refractivity contribution in [1.29, 1.82) is 0 Å². The highest BCUT2D eigenvalue weighted by atomic mass is 79.9. The van der Waals surface area contributed by atoms with Crippen LogP contribution in [0.3, 0.4) is 0 Å². The first-order valence-electron chi connectivity index (χ1n) is 5.37. The van der Waals surface area contributed by atoms with Crippen molar-refractivity contribution >= 4 is 21.7 Å². The van der Waals surface area contributed by atoms with Gasteiger partial charge in [0, 0.05) is 10.7 Å². The molecule has 1 aliphatic carbocycles. The van der Waals surface area contributed by atoms with E-state index in [1.165, 1.54) is 6.07 Å². The van der Waals surface area contributed by atoms with Crippen molar-refractivity contribution in [1.82, 2.24) is 4.98 Å². The Labute approximate surface area is 101 Å². The van der Waals surface area contributed by atoms with Crippen molar-refractivity contribution in [3.8, 4) is 0 Å². The maximum absolute atomic E-state index is 13.6. The fourth-order valence-electron chi connectivity index (χ4n) is 2.28. The Bertz CT molecular complexity index is 430. The Balaban J connectivity index is 1.75. The standard InChI is InChI=1S/C11H12BrFN2O/c12-8-3-9(13)10(14-4-8)15-5-11(16,6-15)7-1-2-7/h3-4,7,16H,1-2,5-6H2. The molecule has 2 heterocycles. The predicted octanol–water partition coefficient (Wildman–Crippen LogP) is 1.94. The van der Waals surface area contributed by atoms with Gasteiger partial charge in [0.05, 0.1) is 13.1 Å². The van der Waals surface area contributed by atoms with Crippen LogP contribution in [-0.4, -0.2) is 28.8 Å². The summed E-state index contributed by atoms with van der Waals surface area (Å²) in [7, 11) is 0. The number of anilines is 1. The van der Waals surface area contributed by atoms with Gasteiger partial charge in [-0.25, -0.2) is 9.37 Å². The van der Waals surface area contributed by atoms with Crippen LogP contribution in [0.15, 0.2) is 16.7 Å². The topological polar surface area (TPSA) is 36.4 Å². The Morgan fingerprint density at radius 2 is 2.19 bits per heavy atom. The first-order chi connectivity index (χ1) is 7.58. The molecule has 0 unspecified atom stereocenters. The van der Waals surface area contributed by atoms with Crippen LogP contribution in [-0.2, 0) is 0 Å². The number of pyridine rings is 1. The molecule has 86 valence electrons. The van der Waals surface area contributed by atoms with E-state index in [0.29, 0.717) is 29.3 Å². The summed E-state index contributed by atoms with van der Waals surface area (Å²) in [5.41, 5.74) is -0.596. The lowest BCUT2D eigenvalue weighted by molar-refractivity contribution is -0.0101. The average molecular weight is 287 g/mol. The predicted molar refractivity (Wildman–Crippen MR) is 61.8 cm³/mol. The molecule has 0 atom stereocenters. The molecule has 5 heteroatoms. The minimum atomic E-state index is -0.596. The van der Waals surface area contributed by atoms with Gasteiger partial charge in [0.1, 0.15) is 5.60 Å². The number of halogens is 2. The molecule has 1 aliphatic heterocycles. The third-order valence-electron chi connectivity index (χ3n) is 3.35. The molecular formula is C11H12BrFN2O. The van der Waals surface area contributed by atoms with Gasteiger partial charge in [-0.05, 0) is 40.8 Å². The monoisotopic (exact) mass is 286 g/mol. The summed E-state index contributed by atoms with van der Waals surface area (Å²) in [5, 5.41) is 10.1. The van der Waals surface area contributed by atoms with Gasteiger partial charge < -0.3 is 10.0 Å². The zero-order valence-corrected chi connectivity index (χ0v) is 10.2. The summed E-state index contributed by atoms with van der Waals surface area (Å²) in [6.45, 7) is 1.01. The van der Waals surface area contributed by atoms with E-state index in [9.17, 15) is 9.50 Å². The molecule has 3 rings (SSSR count). The molecule has 1 aromatic heterocycles. The van der Waals surface area contributed by atoms with Crippen LogP contribution in [0.2, 0.25) is 0 Å². The van der Waals surface area contributed by atoms with Gasteiger partial charge in [0.15, 0.2) is 11.6 Å². The van der Waals surface area contributed by atoms with Crippen LogP contribution in [0, 0.1) is 11.7 Å².